The normalized spacial score (nSPS) is 18.6. The number of H-pyrrole nitrogens is 1. The summed E-state index contributed by atoms with van der Waals surface area (Å²) in [5, 5.41) is 6.53. The lowest BCUT2D eigenvalue weighted by Gasteiger charge is -2.36. The predicted octanol–water partition coefficient (Wildman–Crippen LogP) is 0.790. The van der Waals surface area contributed by atoms with Gasteiger partial charge in [-0.15, -0.1) is 0 Å². The van der Waals surface area contributed by atoms with Gasteiger partial charge in [-0.3, -0.25) is 9.89 Å². The molecule has 1 heterocycles. The molecular weight excluding hydrogens is 182 g/mol. The van der Waals surface area contributed by atoms with E-state index in [2.05, 4.69) is 15.2 Å². The van der Waals surface area contributed by atoms with E-state index in [4.69, 9.17) is 4.74 Å². The van der Waals surface area contributed by atoms with Crippen molar-refractivity contribution in [2.45, 2.75) is 31.6 Å². The Morgan fingerprint density at radius 3 is 2.93 bits per heavy atom. The Morgan fingerprint density at radius 2 is 2.50 bits per heavy atom. The van der Waals surface area contributed by atoms with Gasteiger partial charge in [0.05, 0.1) is 6.61 Å². The van der Waals surface area contributed by atoms with E-state index in [0.717, 1.165) is 19.3 Å². The number of carbonyl (C=O) groups is 1. The van der Waals surface area contributed by atoms with Gasteiger partial charge >= 0.3 is 5.97 Å². The summed E-state index contributed by atoms with van der Waals surface area (Å²) in [7, 11) is 0. The van der Waals surface area contributed by atoms with Gasteiger partial charge < -0.3 is 4.74 Å². The van der Waals surface area contributed by atoms with E-state index in [1.165, 1.54) is 6.33 Å². The third-order valence-corrected chi connectivity index (χ3v) is 2.74. The van der Waals surface area contributed by atoms with Gasteiger partial charge in [0.2, 0.25) is 0 Å². The second-order valence-electron chi connectivity index (χ2n) is 3.49. The number of carbonyl (C=O) groups excluding carboxylic acids is 1. The molecule has 0 saturated heterocycles. The van der Waals surface area contributed by atoms with Crippen LogP contribution >= 0.6 is 0 Å². The highest BCUT2D eigenvalue weighted by Crippen LogP contribution is 2.42. The SMILES string of the molecule is CCOC(=O)C1(c2ncn[nH]2)CCC1. The van der Waals surface area contributed by atoms with Crippen LogP contribution in [0.1, 0.15) is 32.0 Å². The second kappa shape index (κ2) is 3.40. The Balaban J connectivity index is 2.22. The molecule has 2 rings (SSSR count). The molecule has 1 aliphatic carbocycles. The molecule has 0 aliphatic heterocycles. The van der Waals surface area contributed by atoms with Crippen molar-refractivity contribution in [2.75, 3.05) is 6.61 Å². The molecule has 0 amide bonds. The summed E-state index contributed by atoms with van der Waals surface area (Å²) < 4.78 is 5.05. The zero-order valence-electron chi connectivity index (χ0n) is 8.12. The third-order valence-electron chi connectivity index (χ3n) is 2.74. The third kappa shape index (κ3) is 1.20. The Hall–Kier alpha value is -1.39. The summed E-state index contributed by atoms with van der Waals surface area (Å²) in [6, 6.07) is 0. The second-order valence-corrected chi connectivity index (χ2v) is 3.49. The van der Waals surface area contributed by atoms with Crippen LogP contribution in [0, 0.1) is 0 Å². The summed E-state index contributed by atoms with van der Waals surface area (Å²) in [5.74, 6) is 0.463. The van der Waals surface area contributed by atoms with Gasteiger partial charge in [0.25, 0.3) is 0 Å². The lowest BCUT2D eigenvalue weighted by molar-refractivity contribution is -0.154. The molecule has 0 aromatic carbocycles. The smallest absolute Gasteiger partial charge is 0.319 e. The topological polar surface area (TPSA) is 67.9 Å². The number of esters is 1. The maximum Gasteiger partial charge on any atom is 0.319 e. The minimum absolute atomic E-state index is 0.178. The van der Waals surface area contributed by atoms with Crippen LogP contribution in [0.15, 0.2) is 6.33 Å². The summed E-state index contributed by atoms with van der Waals surface area (Å²) in [6.45, 7) is 2.22. The van der Waals surface area contributed by atoms with Gasteiger partial charge in [-0.2, -0.15) is 5.10 Å². The molecule has 1 fully saturated rings. The number of aromatic nitrogens is 3. The van der Waals surface area contributed by atoms with E-state index in [-0.39, 0.29) is 5.97 Å². The molecule has 1 saturated carbocycles. The van der Waals surface area contributed by atoms with E-state index in [9.17, 15) is 4.79 Å². The van der Waals surface area contributed by atoms with E-state index in [1.807, 2.05) is 6.92 Å². The van der Waals surface area contributed by atoms with Crippen LogP contribution < -0.4 is 0 Å². The Labute approximate surface area is 81.9 Å². The summed E-state index contributed by atoms with van der Waals surface area (Å²) >= 11 is 0. The van der Waals surface area contributed by atoms with E-state index in [0.29, 0.717) is 12.4 Å². The molecule has 1 aliphatic rings. The van der Waals surface area contributed by atoms with Crippen LogP contribution in [-0.2, 0) is 14.9 Å². The molecule has 0 unspecified atom stereocenters. The van der Waals surface area contributed by atoms with Crippen molar-refractivity contribution in [1.29, 1.82) is 0 Å². The first-order valence-corrected chi connectivity index (χ1v) is 4.82. The number of nitrogens with one attached hydrogen (secondary N) is 1. The predicted molar refractivity (Wildman–Crippen MR) is 48.5 cm³/mol. The van der Waals surface area contributed by atoms with E-state index < -0.39 is 5.41 Å². The highest BCUT2D eigenvalue weighted by molar-refractivity contribution is 5.83. The van der Waals surface area contributed by atoms with Gasteiger partial charge in [-0.05, 0) is 19.8 Å². The molecule has 0 radical (unpaired) electrons. The minimum atomic E-state index is -0.535. The lowest BCUT2D eigenvalue weighted by atomic mass is 9.68. The first-order valence-electron chi connectivity index (χ1n) is 4.82. The molecule has 0 atom stereocenters. The molecule has 5 heteroatoms. The van der Waals surface area contributed by atoms with Crippen LogP contribution in [-0.4, -0.2) is 27.8 Å². The Morgan fingerprint density at radius 1 is 1.71 bits per heavy atom. The maximum absolute atomic E-state index is 11.7. The van der Waals surface area contributed by atoms with Crippen molar-refractivity contribution in [3.8, 4) is 0 Å². The number of hydrogen-bond acceptors (Lipinski definition) is 4. The maximum atomic E-state index is 11.7. The van der Waals surface area contributed by atoms with Gasteiger partial charge in [-0.25, -0.2) is 4.98 Å². The Bertz CT molecular complexity index is 317. The number of hydrogen-bond donors (Lipinski definition) is 1. The molecule has 1 aromatic heterocycles. The van der Waals surface area contributed by atoms with Crippen LogP contribution in [0.5, 0.6) is 0 Å². The monoisotopic (exact) mass is 195 g/mol. The van der Waals surface area contributed by atoms with Gasteiger partial charge in [0.1, 0.15) is 17.6 Å². The van der Waals surface area contributed by atoms with E-state index in [1.54, 1.807) is 0 Å². The van der Waals surface area contributed by atoms with Crippen LogP contribution in [0.4, 0.5) is 0 Å². The molecule has 5 nitrogen and oxygen atoms in total. The molecule has 76 valence electrons. The first kappa shape index (κ1) is 9.18. The molecule has 1 aromatic rings. The number of aromatic amines is 1. The fraction of sp³-hybridized carbons (Fsp3) is 0.667. The standard InChI is InChI=1S/C9H13N3O2/c1-2-14-8(13)9(4-3-5-9)7-10-6-11-12-7/h6H,2-5H2,1H3,(H,10,11,12). The molecule has 0 bridgehead atoms. The fourth-order valence-electron chi connectivity index (χ4n) is 1.77. The summed E-state index contributed by atoms with van der Waals surface area (Å²) in [4.78, 5) is 15.8. The average Bonchev–Trinajstić information content (AvgIpc) is 2.56. The fourth-order valence-corrected chi connectivity index (χ4v) is 1.77. The van der Waals surface area contributed by atoms with Crippen molar-refractivity contribution in [1.82, 2.24) is 15.2 Å². The van der Waals surface area contributed by atoms with Crippen molar-refractivity contribution >= 4 is 5.97 Å². The summed E-state index contributed by atoms with van der Waals surface area (Å²) in [6.07, 6.45) is 4.08. The van der Waals surface area contributed by atoms with Crippen LogP contribution in [0.25, 0.3) is 0 Å². The number of nitrogens with zero attached hydrogens (tertiary/aromatic N) is 2. The molecule has 1 N–H and O–H groups in total. The molecular formula is C9H13N3O2. The highest BCUT2D eigenvalue weighted by atomic mass is 16.5. The number of ether oxygens (including phenoxy) is 1. The zero-order chi connectivity index (χ0) is 10.0. The molecule has 14 heavy (non-hydrogen) atoms. The quantitative estimate of drug-likeness (QED) is 0.724. The largest absolute Gasteiger partial charge is 0.465 e. The lowest BCUT2D eigenvalue weighted by Crippen LogP contribution is -2.44. The average molecular weight is 195 g/mol. The van der Waals surface area contributed by atoms with Crippen LogP contribution in [0.3, 0.4) is 0 Å². The minimum Gasteiger partial charge on any atom is -0.465 e. The van der Waals surface area contributed by atoms with Crippen molar-refractivity contribution in [3.05, 3.63) is 12.2 Å². The Kier molecular flexibility index (Phi) is 2.23. The van der Waals surface area contributed by atoms with Crippen molar-refractivity contribution < 1.29 is 9.53 Å². The van der Waals surface area contributed by atoms with Crippen molar-refractivity contribution in [2.24, 2.45) is 0 Å². The van der Waals surface area contributed by atoms with E-state index >= 15 is 0 Å². The summed E-state index contributed by atoms with van der Waals surface area (Å²) in [5.41, 5.74) is -0.535. The van der Waals surface area contributed by atoms with Gasteiger partial charge in [0.15, 0.2) is 0 Å². The van der Waals surface area contributed by atoms with Gasteiger partial charge in [0, 0.05) is 0 Å². The zero-order valence-corrected chi connectivity index (χ0v) is 8.12. The molecule has 0 spiro atoms. The number of rotatable bonds is 3. The van der Waals surface area contributed by atoms with Crippen LogP contribution in [0.2, 0.25) is 0 Å². The first-order chi connectivity index (χ1) is 6.79. The van der Waals surface area contributed by atoms with Crippen molar-refractivity contribution in [3.63, 3.8) is 0 Å². The van der Waals surface area contributed by atoms with Gasteiger partial charge in [-0.1, -0.05) is 6.42 Å². The highest BCUT2D eigenvalue weighted by Gasteiger charge is 2.49.